The van der Waals surface area contributed by atoms with Crippen molar-refractivity contribution >= 4 is 33.4 Å². The number of nitrogens with one attached hydrogen (secondary N) is 2. The van der Waals surface area contributed by atoms with Crippen molar-refractivity contribution in [2.45, 2.75) is 34.0 Å². The van der Waals surface area contributed by atoms with E-state index in [9.17, 15) is 13.2 Å². The van der Waals surface area contributed by atoms with Crippen LogP contribution < -0.4 is 10.0 Å². The Labute approximate surface area is 198 Å². The summed E-state index contributed by atoms with van der Waals surface area (Å²) in [5.74, 6) is -0.179. The smallest absolute Gasteiger partial charge is 0.242 e. The zero-order valence-corrected chi connectivity index (χ0v) is 19.6. The van der Waals surface area contributed by atoms with Gasteiger partial charge in [-0.3, -0.25) is 4.79 Å². The minimum atomic E-state index is -3.64. The van der Waals surface area contributed by atoms with Gasteiger partial charge in [-0.25, -0.2) is 13.1 Å². The highest BCUT2D eigenvalue weighted by molar-refractivity contribution is 8.00. The van der Waals surface area contributed by atoms with Gasteiger partial charge in [0.05, 0.1) is 11.0 Å². The quantitative estimate of drug-likeness (QED) is 0.435. The van der Waals surface area contributed by atoms with E-state index in [4.69, 9.17) is 4.74 Å². The number of ether oxygens (including phenoxy) is 1. The van der Waals surface area contributed by atoms with Crippen LogP contribution in [0, 0.1) is 0 Å². The number of hydrogen-bond donors (Lipinski definition) is 2. The van der Waals surface area contributed by atoms with Crippen LogP contribution >= 0.6 is 11.8 Å². The molecule has 4 rings (SSSR count). The van der Waals surface area contributed by atoms with Crippen molar-refractivity contribution in [2.75, 3.05) is 18.5 Å². The number of thioether (sulfide) groups is 1. The van der Waals surface area contributed by atoms with Gasteiger partial charge in [-0.1, -0.05) is 48.5 Å². The molecule has 2 N–H and O–H groups in total. The predicted molar refractivity (Wildman–Crippen MR) is 131 cm³/mol. The fourth-order valence-corrected chi connectivity index (χ4v) is 5.66. The van der Waals surface area contributed by atoms with E-state index in [0.717, 1.165) is 23.3 Å². The van der Waals surface area contributed by atoms with Crippen LogP contribution in [-0.4, -0.2) is 33.6 Å². The Balaban J connectivity index is 1.44. The maximum atomic E-state index is 13.2. The van der Waals surface area contributed by atoms with Gasteiger partial charge in [-0.15, -0.1) is 11.8 Å². The first-order valence-electron chi connectivity index (χ1n) is 10.8. The largest absolute Gasteiger partial charge is 0.377 e. The van der Waals surface area contributed by atoms with Crippen LogP contribution in [0.25, 0.3) is 0 Å². The van der Waals surface area contributed by atoms with Crippen LogP contribution in [0.4, 0.5) is 5.69 Å². The first-order chi connectivity index (χ1) is 16.0. The maximum Gasteiger partial charge on any atom is 0.242 e. The van der Waals surface area contributed by atoms with Crippen LogP contribution in [0.1, 0.15) is 23.7 Å². The lowest BCUT2D eigenvalue weighted by molar-refractivity contribution is -0.115. The Hall–Kier alpha value is -2.65. The lowest BCUT2D eigenvalue weighted by Crippen LogP contribution is -2.31. The number of sulfonamides is 1. The van der Waals surface area contributed by atoms with Crippen LogP contribution in [-0.2, 0) is 19.6 Å². The molecule has 8 heteroatoms. The zero-order chi connectivity index (χ0) is 23.1. The number of benzene rings is 3. The second kappa shape index (κ2) is 11.0. The number of carbonyl (C=O) groups excluding carboxylic acids is 1. The first kappa shape index (κ1) is 23.5. The highest BCUT2D eigenvalue weighted by atomic mass is 32.2. The average molecular weight is 483 g/mol. The molecule has 1 amide bonds. The molecule has 1 aliphatic heterocycles. The molecular weight excluding hydrogens is 456 g/mol. The molecule has 0 bridgehead atoms. The van der Waals surface area contributed by atoms with E-state index >= 15 is 0 Å². The second-order valence-corrected chi connectivity index (χ2v) is 10.7. The number of rotatable bonds is 9. The van der Waals surface area contributed by atoms with E-state index < -0.39 is 15.3 Å². The Morgan fingerprint density at radius 1 is 0.970 bits per heavy atom. The van der Waals surface area contributed by atoms with E-state index in [1.54, 1.807) is 12.1 Å². The van der Waals surface area contributed by atoms with Crippen LogP contribution in [0.15, 0.2) is 94.7 Å². The van der Waals surface area contributed by atoms with E-state index in [1.165, 1.54) is 23.9 Å². The summed E-state index contributed by atoms with van der Waals surface area (Å²) in [4.78, 5) is 14.3. The Bertz CT molecular complexity index is 1150. The summed E-state index contributed by atoms with van der Waals surface area (Å²) in [5.41, 5.74) is 1.43. The van der Waals surface area contributed by atoms with Gasteiger partial charge >= 0.3 is 0 Å². The first-order valence-corrected chi connectivity index (χ1v) is 13.2. The molecule has 1 aliphatic rings. The molecule has 0 saturated carbocycles. The van der Waals surface area contributed by atoms with Crippen molar-refractivity contribution in [3.05, 3.63) is 90.5 Å². The van der Waals surface area contributed by atoms with Crippen molar-refractivity contribution in [3.8, 4) is 0 Å². The van der Waals surface area contributed by atoms with E-state index in [2.05, 4.69) is 10.0 Å². The highest BCUT2D eigenvalue weighted by Crippen LogP contribution is 2.36. The molecule has 3 aromatic rings. The van der Waals surface area contributed by atoms with Gasteiger partial charge in [0, 0.05) is 23.7 Å². The van der Waals surface area contributed by atoms with Crippen LogP contribution in [0.5, 0.6) is 0 Å². The molecule has 0 radical (unpaired) electrons. The van der Waals surface area contributed by atoms with Crippen molar-refractivity contribution in [2.24, 2.45) is 0 Å². The van der Waals surface area contributed by atoms with Gasteiger partial charge < -0.3 is 10.1 Å². The van der Waals surface area contributed by atoms with Crippen LogP contribution in [0.3, 0.4) is 0 Å². The van der Waals surface area contributed by atoms with E-state index in [1.807, 2.05) is 60.7 Å². The van der Waals surface area contributed by atoms with Gasteiger partial charge in [0.15, 0.2) is 0 Å². The summed E-state index contributed by atoms with van der Waals surface area (Å²) in [5, 5.41) is 2.47. The number of amides is 1. The lowest BCUT2D eigenvalue weighted by Gasteiger charge is -2.17. The number of hydrogen-bond acceptors (Lipinski definition) is 5. The molecular formula is C25H26N2O4S2. The molecule has 33 heavy (non-hydrogen) atoms. The molecule has 0 aliphatic carbocycles. The standard InChI is InChI=1S/C25H26N2O4S2/c28-25(24(19-8-3-1-4-9-19)32-22-11-5-2-6-12-22)27-20-13-15-23(16-14-20)33(29,30)26-18-21-10-7-17-31-21/h1-6,8-9,11-16,21,24,26H,7,10,17-18H2,(H,27,28)/t21-,24+/m1/s1. The summed E-state index contributed by atoms with van der Waals surface area (Å²) in [6, 6.07) is 25.5. The maximum absolute atomic E-state index is 13.2. The Morgan fingerprint density at radius 3 is 2.27 bits per heavy atom. The fraction of sp³-hybridized carbons (Fsp3) is 0.240. The number of anilines is 1. The molecule has 0 aromatic heterocycles. The van der Waals surface area contributed by atoms with Gasteiger partial charge in [0.25, 0.3) is 0 Å². The van der Waals surface area contributed by atoms with Crippen LogP contribution in [0.2, 0.25) is 0 Å². The minimum absolute atomic E-state index is 0.0737. The summed E-state index contributed by atoms with van der Waals surface area (Å²) in [7, 11) is -3.64. The van der Waals surface area contributed by atoms with E-state index in [0.29, 0.717) is 12.3 Å². The third-order valence-corrected chi connectivity index (χ3v) is 8.00. The minimum Gasteiger partial charge on any atom is -0.377 e. The average Bonchev–Trinajstić information content (AvgIpc) is 3.37. The summed E-state index contributed by atoms with van der Waals surface area (Å²) in [6.45, 7) is 0.934. The molecule has 1 heterocycles. The van der Waals surface area contributed by atoms with Gasteiger partial charge in [-0.05, 0) is 54.8 Å². The Kier molecular flexibility index (Phi) is 7.82. The molecule has 0 spiro atoms. The SMILES string of the molecule is O=C(Nc1ccc(S(=O)(=O)NC[C@H]2CCCO2)cc1)[C@@H](Sc1ccccc1)c1ccccc1. The second-order valence-electron chi connectivity index (χ2n) is 7.72. The summed E-state index contributed by atoms with van der Waals surface area (Å²) in [6.07, 6.45) is 1.74. The molecule has 172 valence electrons. The molecule has 2 atom stereocenters. The van der Waals surface area contributed by atoms with Crippen molar-refractivity contribution < 1.29 is 17.9 Å². The van der Waals surface area contributed by atoms with Crippen molar-refractivity contribution in [1.82, 2.24) is 4.72 Å². The molecule has 0 unspecified atom stereocenters. The van der Waals surface area contributed by atoms with Gasteiger partial charge in [0.2, 0.25) is 15.9 Å². The van der Waals surface area contributed by atoms with Gasteiger partial charge in [-0.2, -0.15) is 0 Å². The summed E-state index contributed by atoms with van der Waals surface area (Å²) < 4.78 is 33.2. The molecule has 1 fully saturated rings. The normalized spacial score (nSPS) is 16.9. The topological polar surface area (TPSA) is 84.5 Å². The zero-order valence-electron chi connectivity index (χ0n) is 18.0. The molecule has 6 nitrogen and oxygen atoms in total. The van der Waals surface area contributed by atoms with Gasteiger partial charge in [0.1, 0.15) is 5.25 Å². The number of carbonyl (C=O) groups is 1. The van der Waals surface area contributed by atoms with Crippen molar-refractivity contribution in [1.29, 1.82) is 0 Å². The summed E-state index contributed by atoms with van der Waals surface area (Å²) >= 11 is 1.47. The van der Waals surface area contributed by atoms with Crippen molar-refractivity contribution in [3.63, 3.8) is 0 Å². The monoisotopic (exact) mass is 482 g/mol. The predicted octanol–water partition coefficient (Wildman–Crippen LogP) is 4.62. The Morgan fingerprint density at radius 2 is 1.64 bits per heavy atom. The van der Waals surface area contributed by atoms with E-state index in [-0.39, 0.29) is 23.5 Å². The fourth-order valence-electron chi connectivity index (χ4n) is 3.55. The lowest BCUT2D eigenvalue weighted by atomic mass is 10.1. The molecule has 1 saturated heterocycles. The molecule has 3 aromatic carbocycles. The third kappa shape index (κ3) is 6.45. The third-order valence-electron chi connectivity index (χ3n) is 5.29. The highest BCUT2D eigenvalue weighted by Gasteiger charge is 2.23.